The van der Waals surface area contributed by atoms with Gasteiger partial charge in [-0.3, -0.25) is 4.79 Å². The Bertz CT molecular complexity index is 769. The molecule has 1 amide bonds. The average Bonchev–Trinajstić information content (AvgIpc) is 2.60. The molecule has 0 aromatic heterocycles. The standard InChI is InChI=1S/C20H31ClN2O4S/c1-20(2,3)23-28(25,26)18-14-15(10-11-17(18)21)19(24)22-12-7-13-27-16-8-5-4-6-9-16/h10-11,14,16,23H,4-9,12-13H2,1-3H3,(H,22,24). The summed E-state index contributed by atoms with van der Waals surface area (Å²) in [5.41, 5.74) is -0.398. The molecule has 2 N–H and O–H groups in total. The second-order valence-corrected chi connectivity index (χ2v) is 10.3. The first kappa shape index (κ1) is 23.1. The van der Waals surface area contributed by atoms with Crippen LogP contribution in [0.2, 0.25) is 5.02 Å². The summed E-state index contributed by atoms with van der Waals surface area (Å²) in [6, 6.07) is 4.26. The third-order valence-corrected chi connectivity index (χ3v) is 6.68. The van der Waals surface area contributed by atoms with Crippen LogP contribution in [0.15, 0.2) is 23.1 Å². The van der Waals surface area contributed by atoms with E-state index in [1.807, 2.05) is 0 Å². The molecule has 0 aliphatic heterocycles. The van der Waals surface area contributed by atoms with Crippen molar-refractivity contribution < 1.29 is 17.9 Å². The van der Waals surface area contributed by atoms with Crippen LogP contribution < -0.4 is 10.0 Å². The van der Waals surface area contributed by atoms with Crippen molar-refractivity contribution >= 4 is 27.5 Å². The predicted molar refractivity (Wildman–Crippen MR) is 111 cm³/mol. The van der Waals surface area contributed by atoms with Crippen LogP contribution in [-0.4, -0.2) is 39.1 Å². The van der Waals surface area contributed by atoms with E-state index < -0.39 is 15.6 Å². The van der Waals surface area contributed by atoms with Crippen LogP contribution in [0.3, 0.4) is 0 Å². The zero-order valence-electron chi connectivity index (χ0n) is 16.9. The van der Waals surface area contributed by atoms with Crippen LogP contribution in [0.5, 0.6) is 0 Å². The molecule has 2 rings (SSSR count). The van der Waals surface area contributed by atoms with Gasteiger partial charge in [-0.2, -0.15) is 0 Å². The molecule has 0 unspecified atom stereocenters. The summed E-state index contributed by atoms with van der Waals surface area (Å²) in [5.74, 6) is -0.332. The molecule has 8 heteroatoms. The Morgan fingerprint density at radius 1 is 1.21 bits per heavy atom. The second kappa shape index (κ2) is 10.1. The lowest BCUT2D eigenvalue weighted by atomic mass is 9.98. The fraction of sp³-hybridized carbons (Fsp3) is 0.650. The van der Waals surface area contributed by atoms with Gasteiger partial charge in [0.05, 0.1) is 11.1 Å². The minimum absolute atomic E-state index is 0.0779. The molecule has 1 aliphatic rings. The topological polar surface area (TPSA) is 84.5 Å². The smallest absolute Gasteiger partial charge is 0.251 e. The highest BCUT2D eigenvalue weighted by Gasteiger charge is 2.25. The van der Waals surface area contributed by atoms with Gasteiger partial charge in [-0.1, -0.05) is 30.9 Å². The van der Waals surface area contributed by atoms with Crippen LogP contribution in [0.4, 0.5) is 0 Å². The molecule has 1 fully saturated rings. The summed E-state index contributed by atoms with van der Waals surface area (Å²) in [6.45, 7) is 6.30. The molecule has 0 heterocycles. The van der Waals surface area contributed by atoms with Crippen LogP contribution in [0.25, 0.3) is 0 Å². The molecule has 0 atom stereocenters. The van der Waals surface area contributed by atoms with Crippen molar-refractivity contribution in [2.75, 3.05) is 13.2 Å². The Balaban J connectivity index is 1.89. The van der Waals surface area contributed by atoms with E-state index in [0.29, 0.717) is 25.7 Å². The molecule has 1 aromatic carbocycles. The lowest BCUT2D eigenvalue weighted by molar-refractivity contribution is 0.0273. The quantitative estimate of drug-likeness (QED) is 0.613. The van der Waals surface area contributed by atoms with Crippen LogP contribution in [-0.2, 0) is 14.8 Å². The summed E-state index contributed by atoms with van der Waals surface area (Å²) in [5, 5.41) is 2.88. The van der Waals surface area contributed by atoms with Crippen molar-refractivity contribution in [1.29, 1.82) is 0 Å². The number of carbonyl (C=O) groups is 1. The molecular formula is C20H31ClN2O4S. The lowest BCUT2D eigenvalue weighted by Crippen LogP contribution is -2.40. The monoisotopic (exact) mass is 430 g/mol. The van der Waals surface area contributed by atoms with E-state index in [1.54, 1.807) is 20.8 Å². The first-order valence-corrected chi connectivity index (χ1v) is 11.7. The molecule has 158 valence electrons. The number of rotatable bonds is 8. The minimum atomic E-state index is -3.83. The van der Waals surface area contributed by atoms with E-state index in [0.717, 1.165) is 12.8 Å². The van der Waals surface area contributed by atoms with E-state index in [1.165, 1.54) is 37.5 Å². The van der Waals surface area contributed by atoms with E-state index >= 15 is 0 Å². The van der Waals surface area contributed by atoms with Crippen molar-refractivity contribution in [3.8, 4) is 0 Å². The maximum atomic E-state index is 12.5. The molecule has 0 radical (unpaired) electrons. The molecule has 0 saturated heterocycles. The highest BCUT2D eigenvalue weighted by Crippen LogP contribution is 2.24. The summed E-state index contributed by atoms with van der Waals surface area (Å²) < 4.78 is 33.5. The Hall–Kier alpha value is -1.15. The fourth-order valence-electron chi connectivity index (χ4n) is 3.17. The Kier molecular flexibility index (Phi) is 8.30. The molecule has 28 heavy (non-hydrogen) atoms. The number of carbonyl (C=O) groups excluding carboxylic acids is 1. The molecular weight excluding hydrogens is 400 g/mol. The van der Waals surface area contributed by atoms with Gasteiger partial charge in [-0.05, 0) is 58.2 Å². The summed E-state index contributed by atoms with van der Waals surface area (Å²) >= 11 is 6.07. The number of sulfonamides is 1. The maximum Gasteiger partial charge on any atom is 0.251 e. The van der Waals surface area contributed by atoms with Gasteiger partial charge in [0.1, 0.15) is 4.90 Å². The molecule has 0 bridgehead atoms. The highest BCUT2D eigenvalue weighted by atomic mass is 35.5. The first-order chi connectivity index (χ1) is 13.1. The van der Waals surface area contributed by atoms with Gasteiger partial charge in [0.2, 0.25) is 10.0 Å². The molecule has 1 aromatic rings. The molecule has 1 aliphatic carbocycles. The number of nitrogens with one attached hydrogen (secondary N) is 2. The number of benzene rings is 1. The zero-order valence-corrected chi connectivity index (χ0v) is 18.5. The number of hydrogen-bond acceptors (Lipinski definition) is 4. The second-order valence-electron chi connectivity index (χ2n) is 8.24. The minimum Gasteiger partial charge on any atom is -0.378 e. The lowest BCUT2D eigenvalue weighted by Gasteiger charge is -2.22. The van der Waals surface area contributed by atoms with E-state index in [2.05, 4.69) is 10.0 Å². The van der Waals surface area contributed by atoms with Gasteiger partial charge in [0, 0.05) is 24.3 Å². The van der Waals surface area contributed by atoms with Crippen molar-refractivity contribution in [3.05, 3.63) is 28.8 Å². The van der Waals surface area contributed by atoms with Gasteiger partial charge in [-0.15, -0.1) is 0 Å². The molecule has 0 spiro atoms. The Morgan fingerprint density at radius 3 is 2.54 bits per heavy atom. The third-order valence-electron chi connectivity index (χ3n) is 4.44. The maximum absolute atomic E-state index is 12.5. The van der Waals surface area contributed by atoms with Crippen molar-refractivity contribution in [1.82, 2.24) is 10.0 Å². The van der Waals surface area contributed by atoms with Gasteiger partial charge in [-0.25, -0.2) is 13.1 Å². The van der Waals surface area contributed by atoms with E-state index in [4.69, 9.17) is 16.3 Å². The van der Waals surface area contributed by atoms with Crippen LogP contribution >= 0.6 is 11.6 Å². The fourth-order valence-corrected chi connectivity index (χ4v) is 5.11. The molecule has 1 saturated carbocycles. The number of halogens is 1. The van der Waals surface area contributed by atoms with Gasteiger partial charge in [0.15, 0.2) is 0 Å². The summed E-state index contributed by atoms with van der Waals surface area (Å²) in [6.07, 6.45) is 7.06. The largest absolute Gasteiger partial charge is 0.378 e. The van der Waals surface area contributed by atoms with Gasteiger partial charge < -0.3 is 10.1 Å². The molecule has 6 nitrogen and oxygen atoms in total. The van der Waals surface area contributed by atoms with Crippen molar-refractivity contribution in [3.63, 3.8) is 0 Å². The third kappa shape index (κ3) is 7.35. The number of hydrogen-bond donors (Lipinski definition) is 2. The predicted octanol–water partition coefficient (Wildman–Crippen LogP) is 3.89. The first-order valence-electron chi connectivity index (χ1n) is 9.82. The Morgan fingerprint density at radius 2 is 1.89 bits per heavy atom. The number of ether oxygens (including phenoxy) is 1. The summed E-state index contributed by atoms with van der Waals surface area (Å²) in [4.78, 5) is 12.3. The Labute approximate surface area is 173 Å². The van der Waals surface area contributed by atoms with Crippen molar-refractivity contribution in [2.24, 2.45) is 0 Å². The highest BCUT2D eigenvalue weighted by molar-refractivity contribution is 7.89. The number of amides is 1. The van der Waals surface area contributed by atoms with Crippen LogP contribution in [0.1, 0.15) is 69.7 Å². The van der Waals surface area contributed by atoms with Gasteiger partial charge >= 0.3 is 0 Å². The van der Waals surface area contributed by atoms with Crippen LogP contribution in [0, 0.1) is 0 Å². The SMILES string of the molecule is CC(C)(C)NS(=O)(=O)c1cc(C(=O)NCCCOC2CCCCC2)ccc1Cl. The zero-order chi connectivity index (χ0) is 20.8. The normalized spacial score (nSPS) is 16.1. The van der Waals surface area contributed by atoms with E-state index in [9.17, 15) is 13.2 Å². The van der Waals surface area contributed by atoms with Crippen molar-refractivity contribution in [2.45, 2.75) is 75.8 Å². The average molecular weight is 431 g/mol. The summed E-state index contributed by atoms with van der Waals surface area (Å²) in [7, 11) is -3.83. The van der Waals surface area contributed by atoms with Gasteiger partial charge in [0.25, 0.3) is 5.91 Å². The van der Waals surface area contributed by atoms with E-state index in [-0.39, 0.29) is 21.4 Å².